The molecule has 0 saturated carbocycles. The molecular formula is C14H10NO. The molecule has 16 heavy (non-hydrogen) atoms. The SMILES string of the molecule is Cc1ccc(Oc2cc[c]cc2C#N)cc1. The largest absolute Gasteiger partial charge is 0.456 e. The summed E-state index contributed by atoms with van der Waals surface area (Å²) in [4.78, 5) is 0. The van der Waals surface area contributed by atoms with E-state index in [2.05, 4.69) is 12.1 Å². The molecule has 2 aromatic rings. The number of nitrogens with zero attached hydrogens (tertiary/aromatic N) is 1. The van der Waals surface area contributed by atoms with E-state index < -0.39 is 0 Å². The fraction of sp³-hybridized carbons (Fsp3) is 0.0714. The maximum absolute atomic E-state index is 8.89. The predicted molar refractivity (Wildman–Crippen MR) is 61.2 cm³/mol. The molecule has 0 spiro atoms. The minimum Gasteiger partial charge on any atom is -0.456 e. The molecule has 0 heterocycles. The second kappa shape index (κ2) is 4.50. The molecule has 0 aliphatic carbocycles. The van der Waals surface area contributed by atoms with Crippen LogP contribution in [0.5, 0.6) is 11.5 Å². The number of rotatable bonds is 2. The molecule has 2 nitrogen and oxygen atoms in total. The van der Waals surface area contributed by atoms with E-state index in [0.29, 0.717) is 11.3 Å². The highest BCUT2D eigenvalue weighted by Gasteiger charge is 2.02. The summed E-state index contributed by atoms with van der Waals surface area (Å²) in [5, 5.41) is 8.89. The Balaban J connectivity index is 2.27. The minimum absolute atomic E-state index is 0.489. The van der Waals surface area contributed by atoms with Crippen LogP contribution in [0, 0.1) is 24.3 Å². The minimum atomic E-state index is 0.489. The molecule has 0 aliphatic heterocycles. The Hall–Kier alpha value is -2.27. The van der Waals surface area contributed by atoms with Crippen LogP contribution in [0.15, 0.2) is 42.5 Å². The van der Waals surface area contributed by atoms with Gasteiger partial charge < -0.3 is 4.74 Å². The zero-order valence-corrected chi connectivity index (χ0v) is 8.90. The third-order valence-electron chi connectivity index (χ3n) is 2.19. The van der Waals surface area contributed by atoms with E-state index in [1.165, 1.54) is 5.56 Å². The molecule has 0 aliphatic rings. The number of ether oxygens (including phenoxy) is 1. The van der Waals surface area contributed by atoms with Gasteiger partial charge in [-0.3, -0.25) is 0 Å². The standard InChI is InChI=1S/C14H10NO/c1-11-6-8-13(9-7-11)16-14-5-3-2-4-12(14)10-15/h3-9H,1H3. The van der Waals surface area contributed by atoms with Gasteiger partial charge in [0.05, 0.1) is 5.56 Å². The second-order valence-electron chi connectivity index (χ2n) is 3.45. The molecule has 0 unspecified atom stereocenters. The summed E-state index contributed by atoms with van der Waals surface area (Å²) >= 11 is 0. The van der Waals surface area contributed by atoms with Gasteiger partial charge in [0, 0.05) is 0 Å². The van der Waals surface area contributed by atoms with Crippen LogP contribution in [-0.4, -0.2) is 0 Å². The molecule has 2 rings (SSSR count). The van der Waals surface area contributed by atoms with E-state index in [-0.39, 0.29) is 0 Å². The maximum atomic E-state index is 8.89. The lowest BCUT2D eigenvalue weighted by molar-refractivity contribution is 0.481. The van der Waals surface area contributed by atoms with Gasteiger partial charge in [-0.25, -0.2) is 0 Å². The maximum Gasteiger partial charge on any atom is 0.145 e. The number of aryl methyl sites for hydroxylation is 1. The van der Waals surface area contributed by atoms with E-state index in [1.807, 2.05) is 31.2 Å². The zero-order valence-electron chi connectivity index (χ0n) is 8.90. The Morgan fingerprint density at radius 3 is 2.62 bits per heavy atom. The summed E-state index contributed by atoms with van der Waals surface area (Å²) < 4.78 is 5.61. The van der Waals surface area contributed by atoms with E-state index in [1.54, 1.807) is 18.2 Å². The van der Waals surface area contributed by atoms with Crippen LogP contribution in [0.25, 0.3) is 0 Å². The highest BCUT2D eigenvalue weighted by atomic mass is 16.5. The van der Waals surface area contributed by atoms with Crippen LogP contribution in [0.4, 0.5) is 0 Å². The van der Waals surface area contributed by atoms with Gasteiger partial charge in [0.15, 0.2) is 0 Å². The topological polar surface area (TPSA) is 33.0 Å². The third-order valence-corrected chi connectivity index (χ3v) is 2.19. The van der Waals surface area contributed by atoms with Crippen molar-refractivity contribution in [2.75, 3.05) is 0 Å². The van der Waals surface area contributed by atoms with Crippen LogP contribution in [0.3, 0.4) is 0 Å². The van der Waals surface area contributed by atoms with Gasteiger partial charge in [-0.05, 0) is 37.3 Å². The van der Waals surface area contributed by atoms with Crippen molar-refractivity contribution in [3.63, 3.8) is 0 Å². The van der Waals surface area contributed by atoms with Gasteiger partial charge in [-0.1, -0.05) is 23.8 Å². The summed E-state index contributed by atoms with van der Waals surface area (Å²) in [7, 11) is 0. The lowest BCUT2D eigenvalue weighted by atomic mass is 10.2. The average Bonchev–Trinajstić information content (AvgIpc) is 2.33. The van der Waals surface area contributed by atoms with Crippen molar-refractivity contribution < 1.29 is 4.74 Å². The Kier molecular flexibility index (Phi) is 2.88. The van der Waals surface area contributed by atoms with Gasteiger partial charge in [-0.15, -0.1) is 0 Å². The van der Waals surface area contributed by atoms with Gasteiger partial charge in [0.1, 0.15) is 17.6 Å². The van der Waals surface area contributed by atoms with Gasteiger partial charge in [0.2, 0.25) is 0 Å². The van der Waals surface area contributed by atoms with Gasteiger partial charge in [0.25, 0.3) is 0 Å². The summed E-state index contributed by atoms with van der Waals surface area (Å²) in [5.41, 5.74) is 1.66. The van der Waals surface area contributed by atoms with E-state index in [4.69, 9.17) is 10.00 Å². The van der Waals surface area contributed by atoms with Crippen molar-refractivity contribution in [1.82, 2.24) is 0 Å². The van der Waals surface area contributed by atoms with Crippen molar-refractivity contribution in [3.8, 4) is 17.6 Å². The smallest absolute Gasteiger partial charge is 0.145 e. The number of hydrogen-bond donors (Lipinski definition) is 0. The first kappa shape index (κ1) is 10.3. The Morgan fingerprint density at radius 1 is 1.19 bits per heavy atom. The van der Waals surface area contributed by atoms with Crippen LogP contribution >= 0.6 is 0 Å². The van der Waals surface area contributed by atoms with Crippen LogP contribution in [0.2, 0.25) is 0 Å². The molecule has 0 atom stereocenters. The molecule has 0 N–H and O–H groups in total. The molecule has 1 radical (unpaired) electrons. The first-order valence-corrected chi connectivity index (χ1v) is 4.94. The zero-order chi connectivity index (χ0) is 11.4. The van der Waals surface area contributed by atoms with Crippen molar-refractivity contribution in [1.29, 1.82) is 5.26 Å². The molecule has 77 valence electrons. The molecule has 0 fully saturated rings. The van der Waals surface area contributed by atoms with E-state index in [9.17, 15) is 0 Å². The normalized spacial score (nSPS) is 9.50. The fourth-order valence-electron chi connectivity index (χ4n) is 1.33. The highest BCUT2D eigenvalue weighted by molar-refractivity contribution is 5.44. The monoisotopic (exact) mass is 208 g/mol. The van der Waals surface area contributed by atoms with Crippen LogP contribution in [-0.2, 0) is 0 Å². The number of hydrogen-bond acceptors (Lipinski definition) is 2. The van der Waals surface area contributed by atoms with Crippen molar-refractivity contribution in [2.24, 2.45) is 0 Å². The van der Waals surface area contributed by atoms with Crippen molar-refractivity contribution in [2.45, 2.75) is 6.92 Å². The van der Waals surface area contributed by atoms with Crippen molar-refractivity contribution in [3.05, 3.63) is 59.7 Å². The Bertz CT molecular complexity index is 523. The van der Waals surface area contributed by atoms with Gasteiger partial charge >= 0.3 is 0 Å². The summed E-state index contributed by atoms with van der Waals surface area (Å²) in [6.07, 6.45) is 0. The first-order valence-electron chi connectivity index (χ1n) is 4.94. The van der Waals surface area contributed by atoms with Gasteiger partial charge in [-0.2, -0.15) is 5.26 Å². The molecular weight excluding hydrogens is 198 g/mol. The number of benzene rings is 2. The van der Waals surface area contributed by atoms with Crippen LogP contribution in [0.1, 0.15) is 11.1 Å². The predicted octanol–water partition coefficient (Wildman–Crippen LogP) is 3.46. The molecule has 0 bridgehead atoms. The van der Waals surface area contributed by atoms with E-state index in [0.717, 1.165) is 5.75 Å². The molecule has 0 amide bonds. The fourth-order valence-corrected chi connectivity index (χ4v) is 1.33. The van der Waals surface area contributed by atoms with E-state index >= 15 is 0 Å². The quantitative estimate of drug-likeness (QED) is 0.757. The molecule has 2 aromatic carbocycles. The van der Waals surface area contributed by atoms with Crippen molar-refractivity contribution >= 4 is 0 Å². The number of nitriles is 1. The summed E-state index contributed by atoms with van der Waals surface area (Å²) in [6.45, 7) is 2.02. The lowest BCUT2D eigenvalue weighted by Gasteiger charge is -2.06. The lowest BCUT2D eigenvalue weighted by Crippen LogP contribution is -1.87. The summed E-state index contributed by atoms with van der Waals surface area (Å²) in [6, 6.07) is 17.7. The molecule has 0 aromatic heterocycles. The Morgan fingerprint density at radius 2 is 1.94 bits per heavy atom. The molecule has 2 heteroatoms. The Labute approximate surface area is 94.7 Å². The van der Waals surface area contributed by atoms with Crippen LogP contribution < -0.4 is 4.74 Å². The average molecular weight is 208 g/mol. The molecule has 0 saturated heterocycles. The second-order valence-corrected chi connectivity index (χ2v) is 3.45. The summed E-state index contributed by atoms with van der Waals surface area (Å²) in [5.74, 6) is 1.29. The first-order chi connectivity index (χ1) is 7.79. The third kappa shape index (κ3) is 2.21. The highest BCUT2D eigenvalue weighted by Crippen LogP contribution is 2.24.